The highest BCUT2D eigenvalue weighted by Gasteiger charge is 2.46. The zero-order valence-electron chi connectivity index (χ0n) is 9.23. The smallest absolute Gasteiger partial charge is 0.499 e. The summed E-state index contributed by atoms with van der Waals surface area (Å²) in [5.74, 6) is 0.179. The van der Waals surface area contributed by atoms with Gasteiger partial charge in [0.25, 0.3) is 0 Å². The van der Waals surface area contributed by atoms with Gasteiger partial charge in [-0.1, -0.05) is 0 Å². The molecule has 18 heavy (non-hydrogen) atoms. The SMILES string of the molecule is Nc1cc[n+]([C@@H]2O[C@H](CO)[C@@H](O)[C@@H]2O)c(=O)[nH]1.[Cl-]. The van der Waals surface area contributed by atoms with Crippen LogP contribution in [0.1, 0.15) is 6.23 Å². The average Bonchev–Trinajstić information content (AvgIpc) is 2.57. The third-order valence-corrected chi connectivity index (χ3v) is 2.69. The van der Waals surface area contributed by atoms with E-state index in [2.05, 4.69) is 4.98 Å². The molecule has 0 radical (unpaired) electrons. The van der Waals surface area contributed by atoms with Gasteiger partial charge in [-0.25, -0.2) is 0 Å². The molecule has 1 fully saturated rings. The number of ether oxygens (including phenoxy) is 1. The predicted molar refractivity (Wildman–Crippen MR) is 54.7 cm³/mol. The maximum Gasteiger partial charge on any atom is 0.499 e. The quantitative estimate of drug-likeness (QED) is 0.342. The van der Waals surface area contributed by atoms with Gasteiger partial charge in [-0.05, 0) is 0 Å². The number of aromatic nitrogens is 2. The highest BCUT2D eigenvalue weighted by atomic mass is 35.5. The molecule has 1 aliphatic rings. The number of hydrogen-bond acceptors (Lipinski definition) is 6. The van der Waals surface area contributed by atoms with E-state index in [4.69, 9.17) is 15.6 Å². The van der Waals surface area contributed by atoms with Gasteiger partial charge in [0.2, 0.25) is 6.23 Å². The zero-order chi connectivity index (χ0) is 12.6. The second-order valence-electron chi connectivity index (χ2n) is 3.84. The van der Waals surface area contributed by atoms with Crippen molar-refractivity contribution in [2.45, 2.75) is 24.5 Å². The molecule has 8 nitrogen and oxygen atoms in total. The van der Waals surface area contributed by atoms with Crippen LogP contribution in [0, 0.1) is 0 Å². The van der Waals surface area contributed by atoms with Crippen LogP contribution in [0.5, 0.6) is 0 Å². The van der Waals surface area contributed by atoms with E-state index in [-0.39, 0.29) is 18.2 Å². The van der Waals surface area contributed by atoms with Crippen molar-refractivity contribution in [3.05, 3.63) is 22.7 Å². The van der Waals surface area contributed by atoms with Gasteiger partial charge in [0.15, 0.2) is 5.82 Å². The molecular weight excluding hydrogens is 266 g/mol. The lowest BCUT2D eigenvalue weighted by molar-refractivity contribution is -0.779. The molecule has 0 spiro atoms. The number of nitrogen functional groups attached to an aromatic ring is 1. The summed E-state index contributed by atoms with van der Waals surface area (Å²) in [6.45, 7) is -0.442. The first-order valence-electron chi connectivity index (χ1n) is 5.07. The van der Waals surface area contributed by atoms with Crippen LogP contribution < -0.4 is 28.4 Å². The van der Waals surface area contributed by atoms with Crippen LogP contribution in [0.25, 0.3) is 0 Å². The summed E-state index contributed by atoms with van der Waals surface area (Å²) >= 11 is 0. The molecule has 0 bridgehead atoms. The van der Waals surface area contributed by atoms with Gasteiger partial charge in [-0.3, -0.25) is 0 Å². The van der Waals surface area contributed by atoms with E-state index in [1.165, 1.54) is 12.3 Å². The number of rotatable bonds is 2. The number of nitrogens with two attached hydrogens (primary N) is 1. The molecule has 1 aliphatic heterocycles. The fourth-order valence-electron chi connectivity index (χ4n) is 1.77. The minimum Gasteiger partial charge on any atom is -1.00 e. The number of hydrogen-bond donors (Lipinski definition) is 5. The fourth-order valence-corrected chi connectivity index (χ4v) is 1.77. The first kappa shape index (κ1) is 14.9. The number of aliphatic hydroxyl groups excluding tert-OH is 3. The van der Waals surface area contributed by atoms with Gasteiger partial charge >= 0.3 is 5.69 Å². The maximum atomic E-state index is 11.6. The number of H-pyrrole nitrogens is 1. The Labute approximate surface area is 108 Å². The fraction of sp³-hybridized carbons (Fsp3) is 0.556. The highest BCUT2D eigenvalue weighted by Crippen LogP contribution is 2.24. The summed E-state index contributed by atoms with van der Waals surface area (Å²) in [4.78, 5) is 13.9. The van der Waals surface area contributed by atoms with E-state index in [0.29, 0.717) is 0 Å². The molecule has 0 unspecified atom stereocenters. The normalized spacial score (nSPS) is 31.1. The molecule has 1 saturated heterocycles. The summed E-state index contributed by atoms with van der Waals surface area (Å²) < 4.78 is 6.26. The van der Waals surface area contributed by atoms with Gasteiger partial charge < -0.3 is 38.2 Å². The Balaban J connectivity index is 0.00000162. The molecular formula is C9H14ClN3O5. The van der Waals surface area contributed by atoms with Crippen LogP contribution in [0.2, 0.25) is 0 Å². The van der Waals surface area contributed by atoms with Crippen molar-refractivity contribution in [3.63, 3.8) is 0 Å². The van der Waals surface area contributed by atoms with Crippen LogP contribution >= 0.6 is 0 Å². The molecule has 2 rings (SSSR count). The number of nitrogens with one attached hydrogen (secondary N) is 1. The number of anilines is 1. The Hall–Kier alpha value is -1.19. The van der Waals surface area contributed by atoms with E-state index < -0.39 is 36.8 Å². The first-order chi connectivity index (χ1) is 8.04. The number of halogens is 1. The summed E-state index contributed by atoms with van der Waals surface area (Å²) in [5.41, 5.74) is 4.81. The predicted octanol–water partition coefficient (Wildman–Crippen LogP) is -6.14. The highest BCUT2D eigenvalue weighted by molar-refractivity contribution is 5.21. The minimum atomic E-state index is -1.29. The lowest BCUT2D eigenvalue weighted by Crippen LogP contribution is -3.00. The van der Waals surface area contributed by atoms with Crippen LogP contribution in [-0.2, 0) is 4.74 Å². The summed E-state index contributed by atoms with van der Waals surface area (Å²) in [5, 5.41) is 28.2. The lowest BCUT2D eigenvalue weighted by Gasteiger charge is -2.11. The lowest BCUT2D eigenvalue weighted by atomic mass is 10.1. The number of nitrogens with zero attached hydrogens (tertiary/aromatic N) is 1. The van der Waals surface area contributed by atoms with Crippen LogP contribution in [0.3, 0.4) is 0 Å². The molecule has 102 valence electrons. The molecule has 1 aromatic rings. The van der Waals surface area contributed by atoms with Crippen molar-refractivity contribution in [2.24, 2.45) is 0 Å². The molecule has 2 heterocycles. The number of aliphatic hydroxyl groups is 3. The van der Waals surface area contributed by atoms with E-state index >= 15 is 0 Å². The van der Waals surface area contributed by atoms with Crippen LogP contribution in [0.4, 0.5) is 5.82 Å². The molecule has 0 saturated carbocycles. The monoisotopic (exact) mass is 279 g/mol. The molecule has 0 aliphatic carbocycles. The molecule has 4 atom stereocenters. The second-order valence-corrected chi connectivity index (χ2v) is 3.84. The summed E-state index contributed by atoms with van der Waals surface area (Å²) in [6.07, 6.45) is -3.16. The number of aromatic amines is 1. The van der Waals surface area contributed by atoms with E-state index in [9.17, 15) is 15.0 Å². The van der Waals surface area contributed by atoms with Gasteiger partial charge in [0, 0.05) is 6.07 Å². The Kier molecular flexibility index (Phi) is 4.65. The largest absolute Gasteiger partial charge is 1.00 e. The Bertz CT molecular complexity index is 468. The first-order valence-corrected chi connectivity index (χ1v) is 5.07. The van der Waals surface area contributed by atoms with Crippen molar-refractivity contribution in [1.82, 2.24) is 4.98 Å². The van der Waals surface area contributed by atoms with Crippen molar-refractivity contribution in [1.29, 1.82) is 0 Å². The van der Waals surface area contributed by atoms with Crippen molar-refractivity contribution in [2.75, 3.05) is 12.3 Å². The van der Waals surface area contributed by atoms with Gasteiger partial charge in [-0.2, -0.15) is 14.3 Å². The Morgan fingerprint density at radius 1 is 1.44 bits per heavy atom. The topological polar surface area (TPSA) is 133 Å². The molecule has 6 N–H and O–H groups in total. The standard InChI is InChI=1S/C9H13N3O5.ClH/c10-5-1-2-12(9(16)11-5)8-7(15)6(14)4(3-13)17-8;/h1-2,4,6-8,13-15H,3H2,(H2,10,11,16);1H/t4-,6-,7+,8-;/m1./s1. The van der Waals surface area contributed by atoms with E-state index in [1.807, 2.05) is 0 Å². The average molecular weight is 280 g/mol. The third kappa shape index (κ3) is 2.47. The van der Waals surface area contributed by atoms with E-state index in [1.54, 1.807) is 0 Å². The van der Waals surface area contributed by atoms with Crippen LogP contribution in [0.15, 0.2) is 17.1 Å². The minimum absolute atomic E-state index is 0. The molecule has 9 heteroatoms. The van der Waals surface area contributed by atoms with Gasteiger partial charge in [0.05, 0.1) is 6.61 Å². The molecule has 0 aromatic carbocycles. The zero-order valence-corrected chi connectivity index (χ0v) is 9.99. The second kappa shape index (κ2) is 5.63. The molecule has 0 amide bonds. The van der Waals surface area contributed by atoms with Crippen molar-refractivity contribution >= 4 is 5.82 Å². The Morgan fingerprint density at radius 3 is 2.61 bits per heavy atom. The van der Waals surface area contributed by atoms with Gasteiger partial charge in [0.1, 0.15) is 24.5 Å². The van der Waals surface area contributed by atoms with E-state index in [0.717, 1.165) is 4.57 Å². The van der Waals surface area contributed by atoms with Crippen molar-refractivity contribution < 1.29 is 37.0 Å². The molecule has 1 aromatic heterocycles. The maximum absolute atomic E-state index is 11.6. The summed E-state index contributed by atoms with van der Waals surface area (Å²) in [6, 6.07) is 1.43. The summed E-state index contributed by atoms with van der Waals surface area (Å²) in [7, 11) is 0. The van der Waals surface area contributed by atoms with Crippen molar-refractivity contribution in [3.8, 4) is 0 Å². The Morgan fingerprint density at radius 2 is 2.11 bits per heavy atom. The van der Waals surface area contributed by atoms with Crippen LogP contribution in [-0.4, -0.2) is 45.2 Å². The van der Waals surface area contributed by atoms with Gasteiger partial charge in [-0.15, -0.1) is 0 Å². The third-order valence-electron chi connectivity index (χ3n) is 2.69.